The average molecular weight is 401 g/mol. The van der Waals surface area contributed by atoms with E-state index in [4.69, 9.17) is 0 Å². The fourth-order valence-electron chi connectivity index (χ4n) is 2.20. The topological polar surface area (TPSA) is 98.8 Å². The highest BCUT2D eigenvalue weighted by Gasteiger charge is 2.33. The number of methoxy groups -OCH3 is 2. The van der Waals surface area contributed by atoms with Gasteiger partial charge < -0.3 is 9.47 Å². The Balaban J connectivity index is 2.63. The van der Waals surface area contributed by atoms with E-state index in [1.54, 1.807) is 6.92 Å². The van der Waals surface area contributed by atoms with Crippen LogP contribution in [0.25, 0.3) is 0 Å². The summed E-state index contributed by atoms with van der Waals surface area (Å²) >= 11 is 0.579. The Kier molecular flexibility index (Phi) is 5.67. The first-order valence-electron chi connectivity index (χ1n) is 7.21. The van der Waals surface area contributed by atoms with E-state index in [1.165, 1.54) is 19.1 Å². The highest BCUT2D eigenvalue weighted by atomic mass is 32.2. The molecular formula is C16H16FNO6S2. The summed E-state index contributed by atoms with van der Waals surface area (Å²) in [6.07, 6.45) is 0. The van der Waals surface area contributed by atoms with Crippen molar-refractivity contribution in [1.82, 2.24) is 0 Å². The fourth-order valence-corrected chi connectivity index (χ4v) is 5.06. The number of aryl methyl sites for hydroxylation is 1. The first-order chi connectivity index (χ1) is 12.1. The molecule has 0 saturated carbocycles. The quantitative estimate of drug-likeness (QED) is 0.774. The van der Waals surface area contributed by atoms with Gasteiger partial charge in [-0.2, -0.15) is 0 Å². The van der Waals surface area contributed by atoms with E-state index >= 15 is 0 Å². The molecule has 26 heavy (non-hydrogen) atoms. The number of carbonyl (C=O) groups is 2. The van der Waals surface area contributed by atoms with Gasteiger partial charge in [0.2, 0.25) is 0 Å². The van der Waals surface area contributed by atoms with Crippen LogP contribution in [0.2, 0.25) is 0 Å². The number of hydrogen-bond acceptors (Lipinski definition) is 7. The number of carbonyl (C=O) groups excluding carboxylic acids is 2. The Morgan fingerprint density at radius 2 is 1.73 bits per heavy atom. The second-order valence-corrected chi connectivity index (χ2v) is 8.16. The number of anilines is 1. The van der Waals surface area contributed by atoms with E-state index in [2.05, 4.69) is 14.2 Å². The minimum atomic E-state index is -4.29. The van der Waals surface area contributed by atoms with E-state index in [9.17, 15) is 22.4 Å². The van der Waals surface area contributed by atoms with Crippen LogP contribution in [0.1, 0.15) is 31.2 Å². The van der Waals surface area contributed by atoms with Crippen LogP contribution >= 0.6 is 11.3 Å². The van der Waals surface area contributed by atoms with Crippen LogP contribution in [-0.4, -0.2) is 34.6 Å². The van der Waals surface area contributed by atoms with Crippen molar-refractivity contribution in [3.8, 4) is 0 Å². The van der Waals surface area contributed by atoms with Crippen LogP contribution < -0.4 is 4.72 Å². The smallest absolute Gasteiger partial charge is 0.348 e. The molecule has 140 valence electrons. The van der Waals surface area contributed by atoms with E-state index < -0.39 is 32.0 Å². The second-order valence-electron chi connectivity index (χ2n) is 5.27. The van der Waals surface area contributed by atoms with Crippen molar-refractivity contribution in [3.63, 3.8) is 0 Å². The average Bonchev–Trinajstić information content (AvgIpc) is 2.94. The van der Waals surface area contributed by atoms with Crippen LogP contribution in [0.15, 0.2) is 22.4 Å². The molecule has 0 aliphatic rings. The molecular weight excluding hydrogens is 385 g/mol. The molecule has 2 aromatic rings. The van der Waals surface area contributed by atoms with Crippen LogP contribution in [0, 0.1) is 19.7 Å². The van der Waals surface area contributed by atoms with Gasteiger partial charge in [0.1, 0.15) is 10.7 Å². The van der Waals surface area contributed by atoms with Gasteiger partial charge in [0.05, 0.1) is 25.5 Å². The molecule has 1 N–H and O–H groups in total. The number of benzene rings is 1. The van der Waals surface area contributed by atoms with Gasteiger partial charge in [-0.15, -0.1) is 11.3 Å². The predicted molar refractivity (Wildman–Crippen MR) is 93.7 cm³/mol. The SMILES string of the molecule is COC(=O)c1sc(S(=O)(=O)Nc2cc(F)ccc2C)c(C(=O)OC)c1C. The number of esters is 2. The normalized spacial score (nSPS) is 11.1. The molecule has 0 fully saturated rings. The number of nitrogens with one attached hydrogen (secondary N) is 1. The second kappa shape index (κ2) is 7.42. The number of ether oxygens (including phenoxy) is 2. The minimum Gasteiger partial charge on any atom is -0.465 e. The third-order valence-corrected chi connectivity index (χ3v) is 6.72. The Morgan fingerprint density at radius 1 is 1.12 bits per heavy atom. The summed E-state index contributed by atoms with van der Waals surface area (Å²) in [4.78, 5) is 23.9. The molecule has 0 atom stereocenters. The molecule has 1 aromatic heterocycles. The first-order valence-corrected chi connectivity index (χ1v) is 9.51. The molecule has 0 spiro atoms. The van der Waals surface area contributed by atoms with Crippen molar-refractivity contribution in [2.45, 2.75) is 18.1 Å². The number of halogens is 1. The zero-order valence-corrected chi connectivity index (χ0v) is 16.0. The molecule has 0 amide bonds. The Hall–Kier alpha value is -2.46. The molecule has 0 aliphatic heterocycles. The summed E-state index contributed by atoms with van der Waals surface area (Å²) in [5.74, 6) is -2.31. The summed E-state index contributed by atoms with van der Waals surface area (Å²) in [7, 11) is -2.05. The minimum absolute atomic E-state index is 0.0199. The summed E-state index contributed by atoms with van der Waals surface area (Å²) in [5.41, 5.74) is 0.368. The summed E-state index contributed by atoms with van der Waals surface area (Å²) < 4.78 is 50.1. The number of rotatable bonds is 5. The van der Waals surface area contributed by atoms with Gasteiger partial charge in [-0.05, 0) is 37.1 Å². The number of hydrogen-bond donors (Lipinski definition) is 1. The van der Waals surface area contributed by atoms with Crippen molar-refractivity contribution >= 4 is 39.0 Å². The van der Waals surface area contributed by atoms with Gasteiger partial charge in [-0.25, -0.2) is 22.4 Å². The van der Waals surface area contributed by atoms with Crippen LogP contribution in [-0.2, 0) is 19.5 Å². The van der Waals surface area contributed by atoms with E-state index in [1.807, 2.05) is 0 Å². The van der Waals surface area contributed by atoms with Gasteiger partial charge in [0.25, 0.3) is 10.0 Å². The summed E-state index contributed by atoms with van der Waals surface area (Å²) in [5, 5.41) is 0. The van der Waals surface area contributed by atoms with E-state index in [-0.39, 0.29) is 21.7 Å². The van der Waals surface area contributed by atoms with Gasteiger partial charge in [0, 0.05) is 0 Å². The summed E-state index contributed by atoms with van der Waals surface area (Å²) in [6, 6.07) is 3.62. The predicted octanol–water partition coefficient (Wildman–Crippen LogP) is 2.88. The molecule has 1 aromatic carbocycles. The molecule has 10 heteroatoms. The van der Waals surface area contributed by atoms with Gasteiger partial charge in [0.15, 0.2) is 4.21 Å². The first kappa shape index (κ1) is 19.9. The molecule has 0 bridgehead atoms. The standard InChI is InChI=1S/C16H16FNO6S2/c1-8-5-6-10(17)7-11(8)18-26(21,22)16-12(14(19)23-3)9(2)13(25-16)15(20)24-4/h5-7,18H,1-4H3. The fraction of sp³-hybridized carbons (Fsp3) is 0.250. The van der Waals surface area contributed by atoms with Crippen molar-refractivity contribution in [2.24, 2.45) is 0 Å². The summed E-state index contributed by atoms with van der Waals surface area (Å²) in [6.45, 7) is 3.01. The maximum absolute atomic E-state index is 13.4. The number of thiophene rings is 1. The highest BCUT2D eigenvalue weighted by molar-refractivity contribution is 7.94. The lowest BCUT2D eigenvalue weighted by molar-refractivity contribution is 0.0596. The highest BCUT2D eigenvalue weighted by Crippen LogP contribution is 2.34. The largest absolute Gasteiger partial charge is 0.465 e. The Bertz CT molecular complexity index is 981. The monoisotopic (exact) mass is 401 g/mol. The third-order valence-electron chi connectivity index (χ3n) is 3.56. The lowest BCUT2D eigenvalue weighted by Crippen LogP contribution is -2.16. The van der Waals surface area contributed by atoms with Gasteiger partial charge in [-0.1, -0.05) is 6.07 Å². The van der Waals surface area contributed by atoms with Crippen LogP contribution in [0.5, 0.6) is 0 Å². The maximum atomic E-state index is 13.4. The molecule has 0 radical (unpaired) electrons. The molecule has 0 saturated heterocycles. The van der Waals surface area contributed by atoms with Gasteiger partial charge in [-0.3, -0.25) is 4.72 Å². The lowest BCUT2D eigenvalue weighted by Gasteiger charge is -2.10. The molecule has 7 nitrogen and oxygen atoms in total. The lowest BCUT2D eigenvalue weighted by atomic mass is 10.2. The zero-order valence-electron chi connectivity index (χ0n) is 14.4. The van der Waals surface area contributed by atoms with E-state index in [0.717, 1.165) is 20.3 Å². The zero-order chi connectivity index (χ0) is 19.6. The molecule has 0 aliphatic carbocycles. The van der Waals surface area contributed by atoms with Crippen LogP contribution in [0.3, 0.4) is 0 Å². The van der Waals surface area contributed by atoms with Crippen LogP contribution in [0.4, 0.5) is 10.1 Å². The van der Waals surface area contributed by atoms with Crippen molar-refractivity contribution in [1.29, 1.82) is 0 Å². The van der Waals surface area contributed by atoms with Crippen molar-refractivity contribution in [3.05, 3.63) is 45.6 Å². The third kappa shape index (κ3) is 3.70. The molecule has 1 heterocycles. The molecule has 2 rings (SSSR count). The van der Waals surface area contributed by atoms with Gasteiger partial charge >= 0.3 is 11.9 Å². The van der Waals surface area contributed by atoms with Crippen molar-refractivity contribution < 1.29 is 31.9 Å². The van der Waals surface area contributed by atoms with Crippen molar-refractivity contribution in [2.75, 3.05) is 18.9 Å². The molecule has 0 unspecified atom stereocenters. The Labute approximate surface area is 153 Å². The maximum Gasteiger partial charge on any atom is 0.348 e. The number of sulfonamides is 1. The Morgan fingerprint density at radius 3 is 2.31 bits per heavy atom. The van der Waals surface area contributed by atoms with E-state index in [0.29, 0.717) is 16.9 Å².